The van der Waals surface area contributed by atoms with E-state index in [2.05, 4.69) is 40.2 Å². The summed E-state index contributed by atoms with van der Waals surface area (Å²) in [4.78, 5) is 15.0. The Bertz CT molecular complexity index is 809. The Morgan fingerprint density at radius 2 is 1.88 bits per heavy atom. The minimum atomic E-state index is 0.0897. The van der Waals surface area contributed by atoms with Gasteiger partial charge < -0.3 is 9.64 Å². The highest BCUT2D eigenvalue weighted by Gasteiger charge is 2.41. The SMILES string of the molecule is COc1ccc(Br)c(C(=O)N2CCC3(CCc4ccccc43)CC2)c1. The fourth-order valence-corrected chi connectivity index (χ4v) is 4.80. The van der Waals surface area contributed by atoms with Crippen LogP contribution >= 0.6 is 15.9 Å². The third kappa shape index (κ3) is 2.86. The maximum Gasteiger partial charge on any atom is 0.255 e. The van der Waals surface area contributed by atoms with E-state index >= 15 is 0 Å². The van der Waals surface area contributed by atoms with Gasteiger partial charge in [0.15, 0.2) is 0 Å². The molecule has 1 amide bonds. The zero-order valence-electron chi connectivity index (χ0n) is 14.4. The molecule has 2 aromatic rings. The average molecular weight is 400 g/mol. The standard InChI is InChI=1S/C21H22BrNO2/c1-25-16-6-7-19(22)17(14-16)20(24)23-12-10-21(11-13-23)9-8-15-4-2-3-5-18(15)21/h2-7,14H,8-13H2,1H3. The molecule has 0 unspecified atom stereocenters. The van der Waals surface area contributed by atoms with Crippen LogP contribution in [0.15, 0.2) is 46.9 Å². The number of likely N-dealkylation sites (tertiary alicyclic amines) is 1. The number of carbonyl (C=O) groups is 1. The topological polar surface area (TPSA) is 29.5 Å². The van der Waals surface area contributed by atoms with Gasteiger partial charge in [-0.3, -0.25) is 4.79 Å². The first-order valence-electron chi connectivity index (χ1n) is 8.84. The predicted octanol–water partition coefficient (Wildman–Crippen LogP) is 4.58. The number of hydrogen-bond donors (Lipinski definition) is 0. The van der Waals surface area contributed by atoms with Crippen LogP contribution < -0.4 is 4.74 Å². The van der Waals surface area contributed by atoms with Crippen molar-refractivity contribution in [2.45, 2.75) is 31.1 Å². The largest absolute Gasteiger partial charge is 0.497 e. The second-order valence-electron chi connectivity index (χ2n) is 7.08. The molecule has 1 aliphatic heterocycles. The Morgan fingerprint density at radius 1 is 1.12 bits per heavy atom. The highest BCUT2D eigenvalue weighted by Crippen LogP contribution is 2.46. The van der Waals surface area contributed by atoms with E-state index in [1.807, 2.05) is 23.1 Å². The number of piperidine rings is 1. The van der Waals surface area contributed by atoms with E-state index in [1.54, 1.807) is 7.11 Å². The molecule has 4 rings (SSSR count). The van der Waals surface area contributed by atoms with Crippen molar-refractivity contribution in [2.24, 2.45) is 0 Å². The van der Waals surface area contributed by atoms with E-state index in [4.69, 9.17) is 4.74 Å². The van der Waals surface area contributed by atoms with Crippen LogP contribution in [-0.4, -0.2) is 31.0 Å². The number of methoxy groups -OCH3 is 1. The molecule has 3 nitrogen and oxygen atoms in total. The molecule has 130 valence electrons. The van der Waals surface area contributed by atoms with Crippen molar-refractivity contribution in [2.75, 3.05) is 20.2 Å². The van der Waals surface area contributed by atoms with Gasteiger partial charge in [0.05, 0.1) is 12.7 Å². The van der Waals surface area contributed by atoms with Crippen LogP contribution in [0.2, 0.25) is 0 Å². The fraction of sp³-hybridized carbons (Fsp3) is 0.381. The van der Waals surface area contributed by atoms with Crippen molar-refractivity contribution in [1.29, 1.82) is 0 Å². The summed E-state index contributed by atoms with van der Waals surface area (Å²) in [7, 11) is 1.62. The number of nitrogens with zero attached hydrogens (tertiary/aromatic N) is 1. The lowest BCUT2D eigenvalue weighted by atomic mass is 9.74. The van der Waals surface area contributed by atoms with Crippen molar-refractivity contribution in [3.05, 3.63) is 63.6 Å². The highest BCUT2D eigenvalue weighted by molar-refractivity contribution is 9.10. The molecule has 1 aliphatic carbocycles. The van der Waals surface area contributed by atoms with Crippen LogP contribution in [0.5, 0.6) is 5.75 Å². The lowest BCUT2D eigenvalue weighted by Gasteiger charge is -2.40. The Balaban J connectivity index is 1.52. The molecule has 2 aromatic carbocycles. The second-order valence-corrected chi connectivity index (χ2v) is 7.93. The van der Waals surface area contributed by atoms with E-state index in [0.717, 1.165) is 30.4 Å². The molecular formula is C21H22BrNO2. The quantitative estimate of drug-likeness (QED) is 0.739. The smallest absolute Gasteiger partial charge is 0.255 e. The van der Waals surface area contributed by atoms with Gasteiger partial charge in [0.25, 0.3) is 5.91 Å². The molecule has 1 fully saturated rings. The van der Waals surface area contributed by atoms with Gasteiger partial charge in [0.1, 0.15) is 5.75 Å². The van der Waals surface area contributed by atoms with Gasteiger partial charge in [-0.1, -0.05) is 24.3 Å². The predicted molar refractivity (Wildman–Crippen MR) is 102 cm³/mol. The van der Waals surface area contributed by atoms with Gasteiger partial charge in [0.2, 0.25) is 0 Å². The molecule has 2 aliphatic rings. The minimum Gasteiger partial charge on any atom is -0.497 e. The zero-order valence-corrected chi connectivity index (χ0v) is 16.0. The van der Waals surface area contributed by atoms with Gasteiger partial charge in [-0.15, -0.1) is 0 Å². The molecule has 0 saturated carbocycles. The molecule has 0 radical (unpaired) electrons. The Kier molecular flexibility index (Phi) is 4.32. The van der Waals surface area contributed by atoms with Gasteiger partial charge in [0, 0.05) is 17.6 Å². The fourth-order valence-electron chi connectivity index (χ4n) is 4.39. The molecule has 0 atom stereocenters. The molecule has 1 spiro atoms. The maximum atomic E-state index is 13.0. The van der Waals surface area contributed by atoms with Crippen molar-refractivity contribution >= 4 is 21.8 Å². The van der Waals surface area contributed by atoms with E-state index in [9.17, 15) is 4.79 Å². The summed E-state index contributed by atoms with van der Waals surface area (Å²) in [5, 5.41) is 0. The van der Waals surface area contributed by atoms with Gasteiger partial charge >= 0.3 is 0 Å². The van der Waals surface area contributed by atoms with Crippen LogP contribution in [0.4, 0.5) is 0 Å². The van der Waals surface area contributed by atoms with Crippen LogP contribution in [0.3, 0.4) is 0 Å². The molecular weight excluding hydrogens is 378 g/mol. The third-order valence-electron chi connectivity index (χ3n) is 5.87. The van der Waals surface area contributed by atoms with Gasteiger partial charge in [-0.25, -0.2) is 0 Å². The lowest BCUT2D eigenvalue weighted by molar-refractivity contribution is 0.0664. The summed E-state index contributed by atoms with van der Waals surface area (Å²) >= 11 is 3.50. The van der Waals surface area contributed by atoms with Crippen molar-refractivity contribution in [3.8, 4) is 5.75 Å². The number of rotatable bonds is 2. The molecule has 1 heterocycles. The van der Waals surface area contributed by atoms with Crippen LogP contribution in [0.25, 0.3) is 0 Å². The normalized spacial score (nSPS) is 18.2. The number of benzene rings is 2. The van der Waals surface area contributed by atoms with Crippen LogP contribution in [0, 0.1) is 0 Å². The monoisotopic (exact) mass is 399 g/mol. The third-order valence-corrected chi connectivity index (χ3v) is 6.56. The van der Waals surface area contributed by atoms with E-state index < -0.39 is 0 Å². The zero-order chi connectivity index (χ0) is 17.4. The number of ether oxygens (including phenoxy) is 1. The molecule has 1 saturated heterocycles. The summed E-state index contributed by atoms with van der Waals surface area (Å²) in [6, 6.07) is 14.4. The maximum absolute atomic E-state index is 13.0. The van der Waals surface area contributed by atoms with Crippen molar-refractivity contribution < 1.29 is 9.53 Å². The Labute approximate surface area is 157 Å². The van der Waals surface area contributed by atoms with Gasteiger partial charge in [-0.2, -0.15) is 0 Å². The second kappa shape index (κ2) is 6.49. The average Bonchev–Trinajstić information content (AvgIpc) is 3.01. The van der Waals surface area contributed by atoms with E-state index in [1.165, 1.54) is 24.0 Å². The summed E-state index contributed by atoms with van der Waals surface area (Å²) in [5.41, 5.74) is 3.98. The van der Waals surface area contributed by atoms with Crippen LogP contribution in [-0.2, 0) is 11.8 Å². The molecule has 0 aromatic heterocycles. The lowest BCUT2D eigenvalue weighted by Crippen LogP contribution is -2.44. The molecule has 25 heavy (non-hydrogen) atoms. The van der Waals surface area contributed by atoms with Crippen LogP contribution in [0.1, 0.15) is 40.7 Å². The van der Waals surface area contributed by atoms with E-state index in [0.29, 0.717) is 11.3 Å². The number of halogens is 1. The number of fused-ring (bicyclic) bond motifs is 2. The minimum absolute atomic E-state index is 0.0897. The number of carbonyl (C=O) groups excluding carboxylic acids is 1. The number of aryl methyl sites for hydroxylation is 1. The Hall–Kier alpha value is -1.81. The molecule has 0 bridgehead atoms. The Morgan fingerprint density at radius 3 is 2.64 bits per heavy atom. The van der Waals surface area contributed by atoms with E-state index in [-0.39, 0.29) is 11.3 Å². The van der Waals surface area contributed by atoms with Gasteiger partial charge in [-0.05, 0) is 76.4 Å². The summed E-state index contributed by atoms with van der Waals surface area (Å²) in [6.45, 7) is 1.63. The first-order valence-corrected chi connectivity index (χ1v) is 9.63. The summed E-state index contributed by atoms with van der Waals surface area (Å²) < 4.78 is 6.09. The molecule has 0 N–H and O–H groups in total. The van der Waals surface area contributed by atoms with Crippen molar-refractivity contribution in [1.82, 2.24) is 4.90 Å². The number of hydrogen-bond acceptors (Lipinski definition) is 2. The number of amides is 1. The summed E-state index contributed by atoms with van der Waals surface area (Å²) in [6.07, 6.45) is 4.50. The summed E-state index contributed by atoms with van der Waals surface area (Å²) in [5.74, 6) is 0.802. The first kappa shape index (κ1) is 16.6. The highest BCUT2D eigenvalue weighted by atomic mass is 79.9. The molecule has 4 heteroatoms. The first-order chi connectivity index (χ1) is 12.1. The van der Waals surface area contributed by atoms with Crippen molar-refractivity contribution in [3.63, 3.8) is 0 Å².